The Labute approximate surface area is 205 Å². The largest absolute Gasteiger partial charge is 0.443 e. The molecule has 0 radical (unpaired) electrons. The van der Waals surface area contributed by atoms with Crippen LogP contribution in [-0.2, 0) is 16.1 Å². The van der Waals surface area contributed by atoms with Gasteiger partial charge in [0.05, 0.1) is 18.1 Å². The summed E-state index contributed by atoms with van der Waals surface area (Å²) in [5.41, 5.74) is 1.09. The fraction of sp³-hybridized carbons (Fsp3) is 0.391. The van der Waals surface area contributed by atoms with Gasteiger partial charge < -0.3 is 18.8 Å². The Kier molecular flexibility index (Phi) is 6.84. The first-order valence-corrected chi connectivity index (χ1v) is 11.7. The lowest BCUT2D eigenvalue weighted by molar-refractivity contribution is -0.0348. The van der Waals surface area contributed by atoms with E-state index in [4.69, 9.17) is 14.2 Å². The molecule has 9 nitrogen and oxygen atoms in total. The molecule has 0 unspecified atom stereocenters. The maximum absolute atomic E-state index is 12.2. The minimum Gasteiger partial charge on any atom is -0.443 e. The van der Waals surface area contributed by atoms with Crippen molar-refractivity contribution in [3.05, 3.63) is 52.0 Å². The van der Waals surface area contributed by atoms with Crippen LogP contribution in [0.25, 0.3) is 11.0 Å². The third-order valence-corrected chi connectivity index (χ3v) is 5.93. The van der Waals surface area contributed by atoms with Crippen LogP contribution in [0, 0.1) is 3.57 Å². The highest BCUT2D eigenvalue weighted by Gasteiger charge is 2.33. The number of hydrogen-bond donors (Lipinski definition) is 1. The van der Waals surface area contributed by atoms with Crippen molar-refractivity contribution in [2.24, 2.45) is 0 Å². The molecular formula is C23H25IN4O5. The van der Waals surface area contributed by atoms with Crippen LogP contribution in [-0.4, -0.2) is 38.4 Å². The van der Waals surface area contributed by atoms with Crippen LogP contribution in [0.1, 0.15) is 45.2 Å². The Morgan fingerprint density at radius 3 is 2.58 bits per heavy atom. The first-order valence-electron chi connectivity index (χ1n) is 10.6. The molecule has 174 valence electrons. The molecule has 2 aromatic heterocycles. The molecular weight excluding hydrogens is 539 g/mol. The number of carbonyl (C=O) groups excluding carboxylic acids is 2. The number of ether oxygens (including phenoxy) is 3. The van der Waals surface area contributed by atoms with Gasteiger partial charge in [0.2, 0.25) is 5.88 Å². The van der Waals surface area contributed by atoms with Gasteiger partial charge in [0, 0.05) is 15.8 Å². The molecule has 0 atom stereocenters. The normalized spacial score (nSPS) is 17.9. The van der Waals surface area contributed by atoms with Gasteiger partial charge in [0.25, 0.3) is 0 Å². The smallest absolute Gasteiger partial charge is 0.423 e. The van der Waals surface area contributed by atoms with Gasteiger partial charge in [-0.05, 0) is 61.8 Å². The SMILES string of the molecule is CC(C)(C)OC(=O)NC(=O)Oc1ncnc2c1c(I)cn2C1CC(OCc2ccccc2)C1. The van der Waals surface area contributed by atoms with Gasteiger partial charge in [-0.1, -0.05) is 30.3 Å². The number of hydrogen-bond acceptors (Lipinski definition) is 7. The highest BCUT2D eigenvalue weighted by Crippen LogP contribution is 2.39. The van der Waals surface area contributed by atoms with Crippen LogP contribution in [0.5, 0.6) is 5.88 Å². The number of carbonyl (C=O) groups is 2. The molecule has 0 bridgehead atoms. The van der Waals surface area contributed by atoms with Crippen molar-refractivity contribution in [2.75, 3.05) is 0 Å². The van der Waals surface area contributed by atoms with Crippen molar-refractivity contribution in [3.63, 3.8) is 0 Å². The number of aromatic nitrogens is 3. The van der Waals surface area contributed by atoms with Gasteiger partial charge in [-0.25, -0.2) is 24.9 Å². The van der Waals surface area contributed by atoms with E-state index in [-0.39, 0.29) is 18.0 Å². The van der Waals surface area contributed by atoms with Crippen LogP contribution in [0.4, 0.5) is 9.59 Å². The molecule has 1 aromatic carbocycles. The summed E-state index contributed by atoms with van der Waals surface area (Å²) in [7, 11) is 0. The standard InChI is InChI=1S/C23H25IN4O5/c1-23(2,3)33-22(30)27-21(29)32-20-18-17(24)11-28(19(18)25-13-26-20)15-9-16(10-15)31-12-14-7-5-4-6-8-14/h4-8,11,13,15-16H,9-10,12H2,1-3H3,(H,27,29,30). The Morgan fingerprint density at radius 2 is 1.88 bits per heavy atom. The number of alkyl carbamates (subject to hydrolysis) is 1. The first-order chi connectivity index (χ1) is 15.7. The van der Waals surface area contributed by atoms with E-state index in [9.17, 15) is 9.59 Å². The summed E-state index contributed by atoms with van der Waals surface area (Å²) in [4.78, 5) is 32.5. The number of imide groups is 1. The summed E-state index contributed by atoms with van der Waals surface area (Å²) < 4.78 is 19.3. The lowest BCUT2D eigenvalue weighted by atomic mass is 9.89. The summed E-state index contributed by atoms with van der Waals surface area (Å²) in [6.07, 6.45) is 3.37. The van der Waals surface area contributed by atoms with Crippen molar-refractivity contribution in [1.29, 1.82) is 0 Å². The molecule has 3 aromatic rings. The van der Waals surface area contributed by atoms with E-state index in [0.29, 0.717) is 17.6 Å². The van der Waals surface area contributed by atoms with Gasteiger partial charge >= 0.3 is 12.2 Å². The Hall–Kier alpha value is -2.73. The van der Waals surface area contributed by atoms with E-state index in [0.717, 1.165) is 22.0 Å². The average molecular weight is 564 g/mol. The predicted octanol–water partition coefficient (Wildman–Crippen LogP) is 4.98. The summed E-state index contributed by atoms with van der Waals surface area (Å²) in [6, 6.07) is 10.3. The van der Waals surface area contributed by atoms with E-state index >= 15 is 0 Å². The molecule has 1 fully saturated rings. The maximum atomic E-state index is 12.2. The fourth-order valence-corrected chi connectivity index (χ4v) is 4.33. The highest BCUT2D eigenvalue weighted by molar-refractivity contribution is 14.1. The Morgan fingerprint density at radius 1 is 1.15 bits per heavy atom. The second kappa shape index (κ2) is 9.64. The molecule has 1 saturated carbocycles. The second-order valence-electron chi connectivity index (χ2n) is 8.82. The average Bonchev–Trinajstić information content (AvgIpc) is 3.03. The molecule has 0 saturated heterocycles. The number of nitrogens with zero attached hydrogens (tertiary/aromatic N) is 3. The molecule has 1 aliphatic rings. The van der Waals surface area contributed by atoms with E-state index < -0.39 is 17.8 Å². The third kappa shape index (κ3) is 5.80. The Balaban J connectivity index is 1.40. The van der Waals surface area contributed by atoms with Crippen molar-refractivity contribution in [2.45, 2.75) is 58.0 Å². The molecule has 2 amide bonds. The minimum atomic E-state index is -0.967. The van der Waals surface area contributed by atoms with Crippen molar-refractivity contribution < 1.29 is 23.8 Å². The number of fused-ring (bicyclic) bond motifs is 1. The number of rotatable bonds is 5. The molecule has 0 spiro atoms. The van der Waals surface area contributed by atoms with Gasteiger partial charge in [0.15, 0.2) is 0 Å². The van der Waals surface area contributed by atoms with E-state index in [1.165, 1.54) is 6.33 Å². The minimum absolute atomic E-state index is 0.0837. The molecule has 10 heteroatoms. The van der Waals surface area contributed by atoms with Crippen LogP contribution >= 0.6 is 22.6 Å². The lowest BCUT2D eigenvalue weighted by Crippen LogP contribution is -2.38. The van der Waals surface area contributed by atoms with Gasteiger partial charge in [-0.3, -0.25) is 0 Å². The monoisotopic (exact) mass is 564 g/mol. The summed E-state index contributed by atoms with van der Waals surface area (Å²) in [5.74, 6) is 0.0837. The zero-order chi connectivity index (χ0) is 23.6. The molecule has 0 aliphatic heterocycles. The molecule has 1 N–H and O–H groups in total. The van der Waals surface area contributed by atoms with Crippen LogP contribution in [0.2, 0.25) is 0 Å². The van der Waals surface area contributed by atoms with E-state index in [2.05, 4.69) is 49.3 Å². The molecule has 33 heavy (non-hydrogen) atoms. The quantitative estimate of drug-likeness (QED) is 0.436. The van der Waals surface area contributed by atoms with Gasteiger partial charge in [-0.2, -0.15) is 0 Å². The van der Waals surface area contributed by atoms with Gasteiger partial charge in [-0.15, -0.1) is 0 Å². The molecule has 2 heterocycles. The summed E-state index contributed by atoms with van der Waals surface area (Å²) in [6.45, 7) is 5.70. The van der Waals surface area contributed by atoms with Crippen LogP contribution < -0.4 is 10.1 Å². The maximum Gasteiger partial charge on any atom is 0.423 e. The van der Waals surface area contributed by atoms with Crippen LogP contribution in [0.15, 0.2) is 42.9 Å². The second-order valence-corrected chi connectivity index (χ2v) is 9.98. The highest BCUT2D eigenvalue weighted by atomic mass is 127. The zero-order valence-electron chi connectivity index (χ0n) is 18.6. The van der Waals surface area contributed by atoms with Gasteiger partial charge in [0.1, 0.15) is 17.6 Å². The number of benzene rings is 1. The number of nitrogens with one attached hydrogen (secondary N) is 1. The predicted molar refractivity (Wildman–Crippen MR) is 129 cm³/mol. The number of halogens is 1. The van der Waals surface area contributed by atoms with E-state index in [1.807, 2.05) is 29.7 Å². The van der Waals surface area contributed by atoms with E-state index in [1.54, 1.807) is 20.8 Å². The summed E-state index contributed by atoms with van der Waals surface area (Å²) >= 11 is 2.16. The van der Waals surface area contributed by atoms with Crippen molar-refractivity contribution >= 4 is 45.8 Å². The first kappa shape index (κ1) is 23.4. The van der Waals surface area contributed by atoms with Crippen LogP contribution in [0.3, 0.4) is 0 Å². The number of amides is 2. The molecule has 1 aliphatic carbocycles. The van der Waals surface area contributed by atoms with Crippen molar-refractivity contribution in [1.82, 2.24) is 19.9 Å². The Bertz CT molecular complexity index is 1150. The summed E-state index contributed by atoms with van der Waals surface area (Å²) in [5, 5.41) is 2.66. The lowest BCUT2D eigenvalue weighted by Gasteiger charge is -2.36. The third-order valence-electron chi connectivity index (χ3n) is 5.11. The zero-order valence-corrected chi connectivity index (χ0v) is 20.7. The van der Waals surface area contributed by atoms with Crippen molar-refractivity contribution in [3.8, 4) is 5.88 Å². The molecule has 4 rings (SSSR count). The topological polar surface area (TPSA) is 105 Å². The fourth-order valence-electron chi connectivity index (χ4n) is 3.56.